The van der Waals surface area contributed by atoms with Crippen LogP contribution in [0.3, 0.4) is 0 Å². The predicted octanol–water partition coefficient (Wildman–Crippen LogP) is 2.99. The largest absolute Gasteiger partial charge is 0.352 e. The molecule has 3 rings (SSSR count). The van der Waals surface area contributed by atoms with Crippen LogP contribution in [0.1, 0.15) is 16.1 Å². The van der Waals surface area contributed by atoms with Crippen LogP contribution in [0.5, 0.6) is 0 Å². The lowest BCUT2D eigenvalue weighted by molar-refractivity contribution is 0.0954. The minimum absolute atomic E-state index is 0.131. The first kappa shape index (κ1) is 19.5. The monoisotopic (exact) mass is 399 g/mol. The number of hydrogen-bond acceptors (Lipinski definition) is 4. The van der Waals surface area contributed by atoms with E-state index < -0.39 is 21.7 Å². The van der Waals surface area contributed by atoms with Crippen LogP contribution < -0.4 is 10.0 Å². The second kappa shape index (κ2) is 8.62. The van der Waals surface area contributed by atoms with E-state index in [1.54, 1.807) is 6.20 Å². The molecule has 6 nitrogen and oxygen atoms in total. The Morgan fingerprint density at radius 3 is 2.54 bits per heavy atom. The van der Waals surface area contributed by atoms with Gasteiger partial charge >= 0.3 is 0 Å². The highest BCUT2D eigenvalue weighted by Gasteiger charge is 2.18. The lowest BCUT2D eigenvalue weighted by atomic mass is 10.2. The third-order valence-corrected chi connectivity index (χ3v) is 5.28. The fourth-order valence-electron chi connectivity index (χ4n) is 2.50. The number of pyridine rings is 1. The van der Waals surface area contributed by atoms with E-state index in [0.29, 0.717) is 13.0 Å². The molecule has 0 radical (unpaired) electrons. The Bertz CT molecular complexity index is 1070. The van der Waals surface area contributed by atoms with Gasteiger partial charge in [0.15, 0.2) is 0 Å². The number of carbonyl (C=O) groups excluding carboxylic acids is 1. The summed E-state index contributed by atoms with van der Waals surface area (Å²) in [6.07, 6.45) is 2.23. The molecule has 0 bridgehead atoms. The van der Waals surface area contributed by atoms with Crippen molar-refractivity contribution >= 4 is 21.6 Å². The number of halogens is 1. The molecule has 1 aromatic heterocycles. The molecule has 0 fully saturated rings. The van der Waals surface area contributed by atoms with Gasteiger partial charge in [0.1, 0.15) is 5.82 Å². The SMILES string of the molecule is O=C(NCCc1ccccn1)c1cccc(S(=O)(=O)Nc2ccccc2F)c1. The van der Waals surface area contributed by atoms with Crippen molar-refractivity contribution in [2.75, 3.05) is 11.3 Å². The van der Waals surface area contributed by atoms with Gasteiger partial charge in [-0.25, -0.2) is 12.8 Å². The van der Waals surface area contributed by atoms with Crippen molar-refractivity contribution in [3.63, 3.8) is 0 Å². The lowest BCUT2D eigenvalue weighted by Crippen LogP contribution is -2.26. The summed E-state index contributed by atoms with van der Waals surface area (Å²) in [5.74, 6) is -1.09. The average molecular weight is 399 g/mol. The highest BCUT2D eigenvalue weighted by atomic mass is 32.2. The Labute approximate surface area is 162 Å². The van der Waals surface area contributed by atoms with Crippen LogP contribution in [-0.4, -0.2) is 25.9 Å². The summed E-state index contributed by atoms with van der Waals surface area (Å²) in [6, 6.07) is 16.5. The van der Waals surface area contributed by atoms with Gasteiger partial charge in [0.05, 0.1) is 10.6 Å². The third kappa shape index (κ3) is 4.92. The van der Waals surface area contributed by atoms with Crippen LogP contribution in [0.2, 0.25) is 0 Å². The number of nitrogens with zero attached hydrogens (tertiary/aromatic N) is 1. The molecular weight excluding hydrogens is 381 g/mol. The molecule has 144 valence electrons. The van der Waals surface area contributed by atoms with Crippen molar-refractivity contribution in [2.45, 2.75) is 11.3 Å². The molecule has 0 spiro atoms. The molecule has 0 atom stereocenters. The first-order chi connectivity index (χ1) is 13.5. The molecule has 3 aromatic rings. The van der Waals surface area contributed by atoms with Crippen molar-refractivity contribution in [3.05, 3.63) is 90.0 Å². The Morgan fingerprint density at radius 1 is 1.00 bits per heavy atom. The van der Waals surface area contributed by atoms with Gasteiger partial charge in [0.2, 0.25) is 0 Å². The van der Waals surface area contributed by atoms with E-state index in [0.717, 1.165) is 11.8 Å². The van der Waals surface area contributed by atoms with Crippen LogP contribution in [0.25, 0.3) is 0 Å². The molecule has 1 amide bonds. The number of benzene rings is 2. The van der Waals surface area contributed by atoms with Gasteiger partial charge in [0, 0.05) is 30.4 Å². The zero-order valence-electron chi connectivity index (χ0n) is 14.8. The molecule has 1 heterocycles. The van der Waals surface area contributed by atoms with Crippen LogP contribution in [0.4, 0.5) is 10.1 Å². The fourth-order valence-corrected chi connectivity index (χ4v) is 3.62. The Kier molecular flexibility index (Phi) is 6.00. The van der Waals surface area contributed by atoms with Gasteiger partial charge in [-0.1, -0.05) is 24.3 Å². The molecule has 0 unspecified atom stereocenters. The molecule has 2 N–H and O–H groups in total. The van der Waals surface area contributed by atoms with E-state index in [-0.39, 0.29) is 16.1 Å². The van der Waals surface area contributed by atoms with Crippen molar-refractivity contribution in [1.29, 1.82) is 0 Å². The van der Waals surface area contributed by atoms with Crippen molar-refractivity contribution in [2.24, 2.45) is 0 Å². The molecule has 8 heteroatoms. The van der Waals surface area contributed by atoms with Gasteiger partial charge in [-0.3, -0.25) is 14.5 Å². The maximum atomic E-state index is 13.7. The van der Waals surface area contributed by atoms with Crippen molar-refractivity contribution < 1.29 is 17.6 Å². The summed E-state index contributed by atoms with van der Waals surface area (Å²) in [4.78, 5) is 16.4. The van der Waals surface area contributed by atoms with Gasteiger partial charge in [-0.2, -0.15) is 0 Å². The summed E-state index contributed by atoms with van der Waals surface area (Å²) in [5, 5.41) is 2.73. The molecule has 0 saturated heterocycles. The second-order valence-corrected chi connectivity index (χ2v) is 7.62. The first-order valence-electron chi connectivity index (χ1n) is 8.51. The van der Waals surface area contributed by atoms with E-state index >= 15 is 0 Å². The predicted molar refractivity (Wildman–Crippen MR) is 104 cm³/mol. The number of sulfonamides is 1. The minimum atomic E-state index is -4.04. The smallest absolute Gasteiger partial charge is 0.262 e. The number of anilines is 1. The Balaban J connectivity index is 1.69. The zero-order valence-corrected chi connectivity index (χ0v) is 15.6. The van der Waals surface area contributed by atoms with Crippen molar-refractivity contribution in [3.8, 4) is 0 Å². The van der Waals surface area contributed by atoms with E-state index in [2.05, 4.69) is 15.0 Å². The first-order valence-corrected chi connectivity index (χ1v) is 9.99. The number of nitrogens with one attached hydrogen (secondary N) is 2. The maximum absolute atomic E-state index is 13.7. The molecule has 0 aliphatic heterocycles. The highest BCUT2D eigenvalue weighted by Crippen LogP contribution is 2.19. The van der Waals surface area contributed by atoms with E-state index in [9.17, 15) is 17.6 Å². The average Bonchev–Trinajstić information content (AvgIpc) is 2.70. The minimum Gasteiger partial charge on any atom is -0.352 e. The molecule has 0 saturated carbocycles. The van der Waals surface area contributed by atoms with E-state index in [1.807, 2.05) is 18.2 Å². The standard InChI is InChI=1S/C20H18FN3O3S/c21-18-9-1-2-10-19(18)24-28(26,27)17-8-5-6-15(14-17)20(25)23-13-11-16-7-3-4-12-22-16/h1-10,12,14,24H,11,13H2,(H,23,25). The summed E-state index contributed by atoms with van der Waals surface area (Å²) < 4.78 is 40.9. The number of amides is 1. The van der Waals surface area contributed by atoms with Gasteiger partial charge in [-0.05, 0) is 42.5 Å². The fraction of sp³-hybridized carbons (Fsp3) is 0.100. The normalized spacial score (nSPS) is 11.0. The Morgan fingerprint density at radius 2 is 1.79 bits per heavy atom. The number of para-hydroxylation sites is 1. The molecular formula is C20H18FN3O3S. The molecule has 28 heavy (non-hydrogen) atoms. The molecule has 0 aliphatic carbocycles. The summed E-state index contributed by atoms with van der Waals surface area (Å²) in [6.45, 7) is 0.361. The van der Waals surface area contributed by atoms with Crippen LogP contribution >= 0.6 is 0 Å². The number of rotatable bonds is 7. The molecule has 2 aromatic carbocycles. The number of aromatic nitrogens is 1. The summed E-state index contributed by atoms with van der Waals surface area (Å²) in [5.41, 5.74) is 0.873. The van der Waals surface area contributed by atoms with Gasteiger partial charge < -0.3 is 5.32 Å². The van der Waals surface area contributed by atoms with Gasteiger partial charge in [0.25, 0.3) is 15.9 Å². The molecule has 0 aliphatic rings. The second-order valence-electron chi connectivity index (χ2n) is 5.94. The van der Waals surface area contributed by atoms with Crippen molar-refractivity contribution in [1.82, 2.24) is 10.3 Å². The Hall–Kier alpha value is -3.26. The van der Waals surface area contributed by atoms with E-state index in [4.69, 9.17) is 0 Å². The third-order valence-electron chi connectivity index (χ3n) is 3.92. The van der Waals surface area contributed by atoms with E-state index in [1.165, 1.54) is 42.5 Å². The number of carbonyl (C=O) groups is 1. The van der Waals surface area contributed by atoms with Crippen LogP contribution in [0.15, 0.2) is 77.8 Å². The summed E-state index contributed by atoms with van der Waals surface area (Å²) >= 11 is 0. The topological polar surface area (TPSA) is 88.2 Å². The lowest BCUT2D eigenvalue weighted by Gasteiger charge is -2.10. The van der Waals surface area contributed by atoms with Crippen LogP contribution in [0, 0.1) is 5.82 Å². The quantitative estimate of drug-likeness (QED) is 0.639. The summed E-state index contributed by atoms with van der Waals surface area (Å²) in [7, 11) is -4.04. The number of hydrogen-bond donors (Lipinski definition) is 2. The zero-order chi connectivity index (χ0) is 20.0. The van der Waals surface area contributed by atoms with Crippen LogP contribution in [-0.2, 0) is 16.4 Å². The highest BCUT2D eigenvalue weighted by molar-refractivity contribution is 7.92. The maximum Gasteiger partial charge on any atom is 0.262 e. The van der Waals surface area contributed by atoms with Gasteiger partial charge in [-0.15, -0.1) is 0 Å².